The number of carbonyl (C=O) groups excluding carboxylic acids is 1. The summed E-state index contributed by atoms with van der Waals surface area (Å²) in [7, 11) is 1.78. The predicted octanol–water partition coefficient (Wildman–Crippen LogP) is -0.181. The van der Waals surface area contributed by atoms with Crippen LogP contribution in [-0.2, 0) is 18.3 Å². The largest absolute Gasteiger partial charge is 0.461 e. The third kappa shape index (κ3) is 2.47. The molecule has 0 bridgehead atoms. The lowest BCUT2D eigenvalue weighted by molar-refractivity contribution is 0.0519. The molecule has 0 aromatic carbocycles. The van der Waals surface area contributed by atoms with Gasteiger partial charge in [-0.05, 0) is 6.92 Å². The summed E-state index contributed by atoms with van der Waals surface area (Å²) in [6.45, 7) is 2.41. The standard InChI is InChI=1S/C10H14N6O2/c1-3-18-10(17)9-8(11)6-16(13-9)5-7-4-15(2)14-12-7/h4,6H,3,5,11H2,1-2H3. The van der Waals surface area contributed by atoms with Crippen LogP contribution in [0.3, 0.4) is 0 Å². The van der Waals surface area contributed by atoms with Crippen LogP contribution in [0.4, 0.5) is 5.69 Å². The molecule has 0 saturated carbocycles. The van der Waals surface area contributed by atoms with Crippen molar-refractivity contribution < 1.29 is 9.53 Å². The Morgan fingerprint density at radius 3 is 2.89 bits per heavy atom. The lowest BCUT2D eigenvalue weighted by atomic mass is 10.4. The first-order valence-electron chi connectivity index (χ1n) is 5.45. The molecule has 0 saturated heterocycles. The van der Waals surface area contributed by atoms with Gasteiger partial charge < -0.3 is 10.5 Å². The second-order valence-electron chi connectivity index (χ2n) is 3.73. The third-order valence-electron chi connectivity index (χ3n) is 2.23. The molecule has 0 amide bonds. The zero-order valence-corrected chi connectivity index (χ0v) is 10.2. The van der Waals surface area contributed by atoms with Gasteiger partial charge in [0.15, 0.2) is 5.69 Å². The first kappa shape index (κ1) is 12.1. The summed E-state index contributed by atoms with van der Waals surface area (Å²) in [6.07, 6.45) is 3.34. The number of nitrogen functional groups attached to an aromatic ring is 1. The Morgan fingerprint density at radius 1 is 1.50 bits per heavy atom. The molecule has 2 aromatic rings. The molecule has 2 aromatic heterocycles. The van der Waals surface area contributed by atoms with Crippen LogP contribution in [0.2, 0.25) is 0 Å². The molecule has 8 nitrogen and oxygen atoms in total. The minimum absolute atomic E-state index is 0.126. The van der Waals surface area contributed by atoms with Crippen LogP contribution in [0.15, 0.2) is 12.4 Å². The third-order valence-corrected chi connectivity index (χ3v) is 2.23. The number of rotatable bonds is 4. The Labute approximate surface area is 103 Å². The summed E-state index contributed by atoms with van der Waals surface area (Å²) >= 11 is 0. The Kier molecular flexibility index (Phi) is 3.26. The highest BCUT2D eigenvalue weighted by Gasteiger charge is 2.16. The fourth-order valence-electron chi connectivity index (χ4n) is 1.51. The predicted molar refractivity (Wildman–Crippen MR) is 62.7 cm³/mol. The van der Waals surface area contributed by atoms with Crippen LogP contribution in [0, 0.1) is 0 Å². The molecular formula is C10H14N6O2. The fraction of sp³-hybridized carbons (Fsp3) is 0.400. The molecule has 0 unspecified atom stereocenters. The van der Waals surface area contributed by atoms with E-state index < -0.39 is 5.97 Å². The van der Waals surface area contributed by atoms with Gasteiger partial charge in [-0.3, -0.25) is 9.36 Å². The van der Waals surface area contributed by atoms with Gasteiger partial charge in [-0.15, -0.1) is 5.10 Å². The van der Waals surface area contributed by atoms with Gasteiger partial charge in [0, 0.05) is 19.4 Å². The van der Waals surface area contributed by atoms with E-state index in [0.717, 1.165) is 5.69 Å². The van der Waals surface area contributed by atoms with Crippen molar-refractivity contribution in [2.24, 2.45) is 7.05 Å². The zero-order valence-electron chi connectivity index (χ0n) is 10.2. The molecule has 0 spiro atoms. The van der Waals surface area contributed by atoms with Crippen molar-refractivity contribution in [3.8, 4) is 0 Å². The van der Waals surface area contributed by atoms with Crippen molar-refractivity contribution in [3.63, 3.8) is 0 Å². The highest BCUT2D eigenvalue weighted by Crippen LogP contribution is 2.11. The summed E-state index contributed by atoms with van der Waals surface area (Å²) in [5.74, 6) is -0.520. The van der Waals surface area contributed by atoms with E-state index in [1.807, 2.05) is 0 Å². The molecule has 0 fully saturated rings. The van der Waals surface area contributed by atoms with E-state index in [4.69, 9.17) is 10.5 Å². The lowest BCUT2D eigenvalue weighted by Crippen LogP contribution is -2.09. The Hall–Kier alpha value is -2.38. The van der Waals surface area contributed by atoms with Gasteiger partial charge in [0.1, 0.15) is 5.69 Å². The van der Waals surface area contributed by atoms with E-state index in [0.29, 0.717) is 6.54 Å². The summed E-state index contributed by atoms with van der Waals surface area (Å²) in [6, 6.07) is 0. The number of aryl methyl sites for hydroxylation is 1. The van der Waals surface area contributed by atoms with Gasteiger partial charge >= 0.3 is 5.97 Å². The molecule has 2 N–H and O–H groups in total. The molecule has 18 heavy (non-hydrogen) atoms. The van der Waals surface area contributed by atoms with Crippen molar-refractivity contribution in [2.45, 2.75) is 13.5 Å². The van der Waals surface area contributed by atoms with E-state index in [1.165, 1.54) is 4.68 Å². The van der Waals surface area contributed by atoms with Crippen LogP contribution in [0.25, 0.3) is 0 Å². The molecule has 2 heterocycles. The number of anilines is 1. The van der Waals surface area contributed by atoms with Crippen LogP contribution in [0.5, 0.6) is 0 Å². The lowest BCUT2D eigenvalue weighted by Gasteiger charge is -1.98. The SMILES string of the molecule is CCOC(=O)c1nn(Cc2cn(C)nn2)cc1N. The van der Waals surface area contributed by atoms with Crippen molar-refractivity contribution in [2.75, 3.05) is 12.3 Å². The van der Waals surface area contributed by atoms with E-state index >= 15 is 0 Å². The van der Waals surface area contributed by atoms with E-state index in [9.17, 15) is 4.79 Å². The number of nitrogens with zero attached hydrogens (tertiary/aromatic N) is 5. The first-order valence-corrected chi connectivity index (χ1v) is 5.45. The minimum Gasteiger partial charge on any atom is -0.461 e. The highest BCUT2D eigenvalue weighted by atomic mass is 16.5. The Morgan fingerprint density at radius 2 is 2.28 bits per heavy atom. The summed E-state index contributed by atoms with van der Waals surface area (Å²) in [5.41, 5.74) is 6.85. The monoisotopic (exact) mass is 250 g/mol. The van der Waals surface area contributed by atoms with Gasteiger partial charge in [0.05, 0.1) is 18.8 Å². The highest BCUT2D eigenvalue weighted by molar-refractivity contribution is 5.92. The van der Waals surface area contributed by atoms with E-state index in [1.54, 1.807) is 31.0 Å². The van der Waals surface area contributed by atoms with Gasteiger partial charge in [0.25, 0.3) is 0 Å². The molecule has 2 rings (SSSR count). The smallest absolute Gasteiger partial charge is 0.361 e. The summed E-state index contributed by atoms with van der Waals surface area (Å²) < 4.78 is 7.97. The second-order valence-corrected chi connectivity index (χ2v) is 3.73. The Balaban J connectivity index is 2.16. The van der Waals surface area contributed by atoms with Crippen molar-refractivity contribution in [1.82, 2.24) is 24.8 Å². The van der Waals surface area contributed by atoms with E-state index in [2.05, 4.69) is 15.4 Å². The van der Waals surface area contributed by atoms with Crippen molar-refractivity contribution in [3.05, 3.63) is 23.8 Å². The summed E-state index contributed by atoms with van der Waals surface area (Å²) in [5, 5.41) is 11.8. The topological polar surface area (TPSA) is 101 Å². The molecule has 0 aliphatic carbocycles. The molecule has 0 atom stereocenters. The van der Waals surface area contributed by atoms with Crippen LogP contribution < -0.4 is 5.73 Å². The number of esters is 1. The van der Waals surface area contributed by atoms with Gasteiger partial charge in [-0.2, -0.15) is 5.10 Å². The Bertz CT molecular complexity index is 558. The molecule has 8 heteroatoms. The maximum atomic E-state index is 11.5. The number of nitrogens with two attached hydrogens (primary N) is 1. The second kappa shape index (κ2) is 4.86. The first-order chi connectivity index (χ1) is 8.60. The van der Waals surface area contributed by atoms with E-state index in [-0.39, 0.29) is 18.0 Å². The minimum atomic E-state index is -0.520. The quantitative estimate of drug-likeness (QED) is 0.755. The van der Waals surface area contributed by atoms with Crippen molar-refractivity contribution in [1.29, 1.82) is 0 Å². The number of hydrogen-bond acceptors (Lipinski definition) is 6. The summed E-state index contributed by atoms with van der Waals surface area (Å²) in [4.78, 5) is 11.5. The molecular weight excluding hydrogens is 236 g/mol. The fourth-order valence-corrected chi connectivity index (χ4v) is 1.51. The number of ether oxygens (including phenoxy) is 1. The van der Waals surface area contributed by atoms with Crippen molar-refractivity contribution >= 4 is 11.7 Å². The van der Waals surface area contributed by atoms with Gasteiger partial charge in [-0.25, -0.2) is 4.79 Å². The average Bonchev–Trinajstić information content (AvgIpc) is 2.86. The molecule has 0 aliphatic rings. The van der Waals surface area contributed by atoms with Crippen LogP contribution in [-0.4, -0.2) is 37.4 Å². The zero-order chi connectivity index (χ0) is 13.1. The molecule has 96 valence electrons. The van der Waals surface area contributed by atoms with Gasteiger partial charge in [-0.1, -0.05) is 5.21 Å². The average molecular weight is 250 g/mol. The molecule has 0 aliphatic heterocycles. The molecule has 0 radical (unpaired) electrons. The number of carbonyl (C=O) groups is 1. The number of hydrogen-bond donors (Lipinski definition) is 1. The van der Waals surface area contributed by atoms with Gasteiger partial charge in [0.2, 0.25) is 0 Å². The van der Waals surface area contributed by atoms with Crippen LogP contribution in [0.1, 0.15) is 23.1 Å². The maximum Gasteiger partial charge on any atom is 0.361 e. The maximum absolute atomic E-state index is 11.5. The normalized spacial score (nSPS) is 10.6. The number of aromatic nitrogens is 5. The van der Waals surface area contributed by atoms with Crippen LogP contribution >= 0.6 is 0 Å².